The molecule has 2 aromatic rings. The Bertz CT molecular complexity index is 577. The molecular weight excluding hydrogens is 254 g/mol. The molecule has 0 amide bonds. The minimum absolute atomic E-state index is 0.0745. The number of aromatic hydroxyl groups is 1. The van der Waals surface area contributed by atoms with Gasteiger partial charge in [0.15, 0.2) is 0 Å². The van der Waals surface area contributed by atoms with Crippen LogP contribution in [0, 0.1) is 0 Å². The number of rotatable bonds is 6. The van der Waals surface area contributed by atoms with Crippen molar-refractivity contribution in [1.82, 2.24) is 9.55 Å². The summed E-state index contributed by atoms with van der Waals surface area (Å²) in [5, 5.41) is 18.9. The number of imidazole rings is 1. The maximum atomic E-state index is 9.90. The quantitative estimate of drug-likeness (QED) is 0.624. The molecule has 0 atom stereocenters. The molecule has 2 rings (SSSR count). The van der Waals surface area contributed by atoms with E-state index in [2.05, 4.69) is 9.98 Å². The first-order valence-corrected chi connectivity index (χ1v) is 6.60. The van der Waals surface area contributed by atoms with Crippen molar-refractivity contribution in [1.29, 1.82) is 0 Å². The van der Waals surface area contributed by atoms with E-state index < -0.39 is 0 Å². The zero-order chi connectivity index (χ0) is 14.4. The summed E-state index contributed by atoms with van der Waals surface area (Å²) in [5.74, 6) is 0.160. The lowest BCUT2D eigenvalue weighted by Gasteiger charge is -2.06. The van der Waals surface area contributed by atoms with Crippen molar-refractivity contribution in [2.45, 2.75) is 26.5 Å². The fourth-order valence-corrected chi connectivity index (χ4v) is 1.99. The SMILES string of the molecule is CC(=NCCCn1ccnc1)c1ccc(CO)cc1O. The Morgan fingerprint density at radius 1 is 1.40 bits per heavy atom. The number of phenolic OH excluding ortho intramolecular Hbond substituents is 1. The first-order valence-electron chi connectivity index (χ1n) is 6.60. The molecule has 0 saturated carbocycles. The highest BCUT2D eigenvalue weighted by Gasteiger charge is 2.05. The van der Waals surface area contributed by atoms with Crippen molar-refractivity contribution in [3.05, 3.63) is 48.0 Å². The highest BCUT2D eigenvalue weighted by molar-refractivity contribution is 6.01. The number of hydrogen-bond donors (Lipinski definition) is 2. The van der Waals surface area contributed by atoms with E-state index in [4.69, 9.17) is 5.11 Å². The molecule has 0 spiro atoms. The number of phenols is 1. The van der Waals surface area contributed by atoms with E-state index in [1.807, 2.05) is 17.7 Å². The summed E-state index contributed by atoms with van der Waals surface area (Å²) in [5.41, 5.74) is 2.21. The molecule has 0 radical (unpaired) electrons. The molecule has 1 aromatic carbocycles. The summed E-state index contributed by atoms with van der Waals surface area (Å²) >= 11 is 0. The van der Waals surface area contributed by atoms with Gasteiger partial charge in [0.1, 0.15) is 5.75 Å². The topological polar surface area (TPSA) is 70.6 Å². The first kappa shape index (κ1) is 14.3. The Morgan fingerprint density at radius 3 is 2.90 bits per heavy atom. The monoisotopic (exact) mass is 273 g/mol. The molecule has 0 aliphatic heterocycles. The van der Waals surface area contributed by atoms with Gasteiger partial charge < -0.3 is 14.8 Å². The Labute approximate surface area is 118 Å². The van der Waals surface area contributed by atoms with Crippen molar-refractivity contribution in [3.63, 3.8) is 0 Å². The number of nitrogens with zero attached hydrogens (tertiary/aromatic N) is 3. The summed E-state index contributed by atoms with van der Waals surface area (Å²) < 4.78 is 2.01. The van der Waals surface area contributed by atoms with Crippen LogP contribution in [0.3, 0.4) is 0 Å². The van der Waals surface area contributed by atoms with Gasteiger partial charge >= 0.3 is 0 Å². The fourth-order valence-electron chi connectivity index (χ4n) is 1.99. The van der Waals surface area contributed by atoms with Gasteiger partial charge in [-0.05, 0) is 31.0 Å². The second-order valence-corrected chi connectivity index (χ2v) is 4.63. The average molecular weight is 273 g/mol. The molecule has 5 heteroatoms. The lowest BCUT2D eigenvalue weighted by atomic mass is 10.1. The molecule has 106 valence electrons. The normalized spacial score (nSPS) is 11.8. The van der Waals surface area contributed by atoms with Crippen LogP contribution < -0.4 is 0 Å². The van der Waals surface area contributed by atoms with Gasteiger partial charge in [0.25, 0.3) is 0 Å². The number of benzene rings is 1. The van der Waals surface area contributed by atoms with Crippen LogP contribution >= 0.6 is 0 Å². The predicted octanol–water partition coefficient (Wildman–Crippen LogP) is 1.98. The Hall–Kier alpha value is -2.14. The smallest absolute Gasteiger partial charge is 0.124 e. The molecule has 0 fully saturated rings. The Balaban J connectivity index is 1.92. The van der Waals surface area contributed by atoms with Gasteiger partial charge in [-0.1, -0.05) is 6.07 Å². The largest absolute Gasteiger partial charge is 0.507 e. The summed E-state index contributed by atoms with van der Waals surface area (Å²) in [6, 6.07) is 5.15. The molecule has 1 heterocycles. The zero-order valence-electron chi connectivity index (χ0n) is 11.5. The molecule has 1 aromatic heterocycles. The van der Waals surface area contributed by atoms with Crippen molar-refractivity contribution >= 4 is 5.71 Å². The Morgan fingerprint density at radius 2 is 2.25 bits per heavy atom. The number of aromatic nitrogens is 2. The van der Waals surface area contributed by atoms with Crippen molar-refractivity contribution in [2.75, 3.05) is 6.54 Å². The number of aliphatic hydroxyl groups excluding tert-OH is 1. The second-order valence-electron chi connectivity index (χ2n) is 4.63. The second kappa shape index (κ2) is 6.86. The highest BCUT2D eigenvalue weighted by Crippen LogP contribution is 2.19. The first-order chi connectivity index (χ1) is 9.70. The van der Waals surface area contributed by atoms with Crippen molar-refractivity contribution in [2.24, 2.45) is 4.99 Å². The molecule has 0 aliphatic rings. The van der Waals surface area contributed by atoms with Crippen molar-refractivity contribution in [3.8, 4) is 5.75 Å². The van der Waals surface area contributed by atoms with Gasteiger partial charge in [0, 0.05) is 36.8 Å². The predicted molar refractivity (Wildman–Crippen MR) is 78.0 cm³/mol. The summed E-state index contributed by atoms with van der Waals surface area (Å²) in [7, 11) is 0. The summed E-state index contributed by atoms with van der Waals surface area (Å²) in [6.45, 7) is 3.39. The zero-order valence-corrected chi connectivity index (χ0v) is 11.5. The van der Waals surface area contributed by atoms with Crippen LogP contribution in [0.25, 0.3) is 0 Å². The number of hydrogen-bond acceptors (Lipinski definition) is 4. The molecule has 0 aliphatic carbocycles. The van der Waals surface area contributed by atoms with E-state index in [1.165, 1.54) is 0 Å². The van der Waals surface area contributed by atoms with E-state index in [0.717, 1.165) is 18.7 Å². The Kier molecular flexibility index (Phi) is 4.90. The maximum Gasteiger partial charge on any atom is 0.124 e. The van der Waals surface area contributed by atoms with Gasteiger partial charge in [0.05, 0.1) is 12.9 Å². The van der Waals surface area contributed by atoms with E-state index in [1.54, 1.807) is 30.7 Å². The van der Waals surface area contributed by atoms with Crippen LogP contribution in [-0.4, -0.2) is 32.0 Å². The van der Waals surface area contributed by atoms with Crippen LogP contribution in [-0.2, 0) is 13.2 Å². The lowest BCUT2D eigenvalue weighted by Crippen LogP contribution is -2.01. The summed E-state index contributed by atoms with van der Waals surface area (Å²) in [4.78, 5) is 8.46. The van der Waals surface area contributed by atoms with E-state index in [0.29, 0.717) is 17.7 Å². The van der Waals surface area contributed by atoms with Gasteiger partial charge in [0.2, 0.25) is 0 Å². The number of aliphatic hydroxyl groups is 1. The molecule has 20 heavy (non-hydrogen) atoms. The van der Waals surface area contributed by atoms with Gasteiger partial charge in [-0.3, -0.25) is 4.99 Å². The van der Waals surface area contributed by atoms with E-state index in [-0.39, 0.29) is 12.4 Å². The van der Waals surface area contributed by atoms with Gasteiger partial charge in [-0.2, -0.15) is 0 Å². The van der Waals surface area contributed by atoms with Crippen LogP contribution in [0.2, 0.25) is 0 Å². The number of aliphatic imine (C=N–C) groups is 1. The molecule has 2 N–H and O–H groups in total. The molecule has 0 saturated heterocycles. The van der Waals surface area contributed by atoms with Crippen LogP contribution in [0.4, 0.5) is 0 Å². The van der Waals surface area contributed by atoms with E-state index in [9.17, 15) is 5.11 Å². The lowest BCUT2D eigenvalue weighted by molar-refractivity contribution is 0.281. The van der Waals surface area contributed by atoms with Crippen LogP contribution in [0.5, 0.6) is 5.75 Å². The highest BCUT2D eigenvalue weighted by atomic mass is 16.3. The third kappa shape index (κ3) is 3.68. The maximum absolute atomic E-state index is 9.90. The minimum atomic E-state index is -0.0745. The van der Waals surface area contributed by atoms with Gasteiger partial charge in [-0.15, -0.1) is 0 Å². The molecule has 0 unspecified atom stereocenters. The van der Waals surface area contributed by atoms with Crippen LogP contribution in [0.1, 0.15) is 24.5 Å². The van der Waals surface area contributed by atoms with Crippen LogP contribution in [0.15, 0.2) is 41.9 Å². The van der Waals surface area contributed by atoms with Gasteiger partial charge in [-0.25, -0.2) is 4.98 Å². The number of aryl methyl sites for hydroxylation is 1. The average Bonchev–Trinajstić information content (AvgIpc) is 2.96. The third-order valence-electron chi connectivity index (χ3n) is 3.12. The third-order valence-corrected chi connectivity index (χ3v) is 3.12. The fraction of sp³-hybridized carbons (Fsp3) is 0.333. The van der Waals surface area contributed by atoms with E-state index >= 15 is 0 Å². The molecule has 5 nitrogen and oxygen atoms in total. The molecular formula is C15H19N3O2. The standard InChI is InChI=1S/C15H19N3O2/c1-12(14-4-3-13(10-19)9-15(14)20)17-5-2-7-18-8-6-16-11-18/h3-4,6,8-9,11,19-20H,2,5,7,10H2,1H3. The summed E-state index contributed by atoms with van der Waals surface area (Å²) in [6.07, 6.45) is 6.39. The van der Waals surface area contributed by atoms with Crippen molar-refractivity contribution < 1.29 is 10.2 Å². The minimum Gasteiger partial charge on any atom is -0.507 e. The molecule has 0 bridgehead atoms.